The van der Waals surface area contributed by atoms with Crippen LogP contribution in [0.2, 0.25) is 5.02 Å². The Balaban J connectivity index is 1.10. The summed E-state index contributed by atoms with van der Waals surface area (Å²) >= 11 is 6.43. The molecule has 0 saturated carbocycles. The van der Waals surface area contributed by atoms with Gasteiger partial charge in [0.1, 0.15) is 6.04 Å². The first-order valence-corrected chi connectivity index (χ1v) is 17.6. The second-order valence-electron chi connectivity index (χ2n) is 13.6. The molecule has 0 unspecified atom stereocenters. The predicted octanol–water partition coefficient (Wildman–Crippen LogP) is 3.37. The molecule has 3 aromatic rings. The van der Waals surface area contributed by atoms with E-state index in [0.29, 0.717) is 68.0 Å². The third kappa shape index (κ3) is 7.88. The molecule has 4 heterocycles. The quantitative estimate of drug-likeness (QED) is 0.327. The highest BCUT2D eigenvalue weighted by Gasteiger charge is 2.34. The standard InChI is InChI=1S/C35H48ClN9O3/c1-24-21-25(22-29(36)31(24)37)23-30(33(46)43-15-9-27(10-16-43)42-14-6-13-41(2)19-20-42)38-34(47)44-17-11-28(12-18-44)45-35(48)39-32(40-45)26-7-4-3-5-8-26/h3-5,7-8,21-22,27-28,30H,6,9-20,23,37H2,1-2H3,(H,38,47)(H,39,40,48)/t30-/m1/s1. The maximum Gasteiger partial charge on any atom is 0.343 e. The van der Waals surface area contributed by atoms with E-state index in [1.165, 1.54) is 4.68 Å². The highest BCUT2D eigenvalue weighted by Crippen LogP contribution is 2.27. The van der Waals surface area contributed by atoms with Crippen molar-refractivity contribution in [1.29, 1.82) is 0 Å². The molecule has 3 amide bonds. The number of nitrogens with two attached hydrogens (primary N) is 1. The van der Waals surface area contributed by atoms with Crippen LogP contribution in [0, 0.1) is 6.92 Å². The average molecular weight is 678 g/mol. The number of urea groups is 1. The third-order valence-corrected chi connectivity index (χ3v) is 10.6. The molecule has 2 aromatic carbocycles. The minimum atomic E-state index is -0.750. The van der Waals surface area contributed by atoms with Crippen LogP contribution in [0.4, 0.5) is 10.5 Å². The number of hydrogen-bond donors (Lipinski definition) is 3. The van der Waals surface area contributed by atoms with E-state index in [1.807, 2.05) is 48.2 Å². The number of likely N-dealkylation sites (N-methyl/N-ethyl adjacent to an activating group) is 1. The van der Waals surface area contributed by atoms with Crippen LogP contribution < -0.4 is 16.7 Å². The summed E-state index contributed by atoms with van der Waals surface area (Å²) in [5.74, 6) is 0.456. The van der Waals surface area contributed by atoms with E-state index in [0.717, 1.165) is 62.1 Å². The molecule has 12 nitrogen and oxygen atoms in total. The number of nitrogen functional groups attached to an aromatic ring is 1. The Hall–Kier alpha value is -3.87. The number of benzene rings is 2. The van der Waals surface area contributed by atoms with Gasteiger partial charge >= 0.3 is 11.7 Å². The van der Waals surface area contributed by atoms with Crippen LogP contribution in [-0.4, -0.2) is 118 Å². The SMILES string of the molecule is Cc1cc(C[C@@H](NC(=O)N2CCC(n3nc(-c4ccccc4)[nH]c3=O)CC2)C(=O)N2CCC(N3CCCN(C)CC3)CC2)cc(Cl)c1N. The van der Waals surface area contributed by atoms with E-state index in [4.69, 9.17) is 17.3 Å². The molecule has 4 N–H and O–H groups in total. The van der Waals surface area contributed by atoms with Gasteiger partial charge in [-0.25, -0.2) is 14.3 Å². The molecule has 13 heteroatoms. The Kier molecular flexibility index (Phi) is 10.7. The third-order valence-electron chi connectivity index (χ3n) is 10.3. The molecule has 0 bridgehead atoms. The summed E-state index contributed by atoms with van der Waals surface area (Å²) in [5, 5.41) is 8.08. The number of amides is 3. The van der Waals surface area contributed by atoms with E-state index in [2.05, 4.69) is 32.2 Å². The zero-order valence-corrected chi connectivity index (χ0v) is 28.8. The summed E-state index contributed by atoms with van der Waals surface area (Å²) in [5.41, 5.74) is 8.89. The van der Waals surface area contributed by atoms with Gasteiger partial charge < -0.3 is 25.8 Å². The van der Waals surface area contributed by atoms with Crippen molar-refractivity contribution in [3.63, 3.8) is 0 Å². The van der Waals surface area contributed by atoms with Crippen molar-refractivity contribution in [3.8, 4) is 11.4 Å². The molecule has 0 radical (unpaired) electrons. The van der Waals surface area contributed by atoms with Gasteiger partial charge in [-0.3, -0.25) is 14.7 Å². The smallest absolute Gasteiger partial charge is 0.343 e. The number of nitrogens with zero attached hydrogens (tertiary/aromatic N) is 6. The Bertz CT molecular complexity index is 1600. The van der Waals surface area contributed by atoms with Crippen LogP contribution in [0.15, 0.2) is 47.3 Å². The van der Waals surface area contributed by atoms with Crippen LogP contribution in [0.25, 0.3) is 11.4 Å². The van der Waals surface area contributed by atoms with Crippen molar-refractivity contribution >= 4 is 29.2 Å². The number of carbonyl (C=O) groups excluding carboxylic acids is 2. The first-order valence-electron chi connectivity index (χ1n) is 17.2. The molecule has 1 atom stereocenters. The van der Waals surface area contributed by atoms with E-state index in [-0.39, 0.29) is 23.7 Å². The number of aromatic nitrogens is 3. The second kappa shape index (κ2) is 15.1. The maximum absolute atomic E-state index is 14.1. The van der Waals surface area contributed by atoms with Crippen molar-refractivity contribution < 1.29 is 9.59 Å². The molecular weight excluding hydrogens is 630 g/mol. The van der Waals surface area contributed by atoms with Gasteiger partial charge in [0.2, 0.25) is 5.91 Å². The van der Waals surface area contributed by atoms with Gasteiger partial charge in [0.15, 0.2) is 5.82 Å². The molecule has 0 aliphatic carbocycles. The van der Waals surface area contributed by atoms with Gasteiger partial charge in [-0.15, -0.1) is 5.10 Å². The molecule has 0 spiro atoms. The highest BCUT2D eigenvalue weighted by atomic mass is 35.5. The normalized spacial score (nSPS) is 19.6. The number of likely N-dealkylation sites (tertiary alicyclic amines) is 2. The van der Waals surface area contributed by atoms with Crippen LogP contribution in [0.3, 0.4) is 0 Å². The number of halogens is 1. The first kappa shape index (κ1) is 34.0. The maximum atomic E-state index is 14.1. The van der Waals surface area contributed by atoms with E-state index in [9.17, 15) is 14.4 Å². The van der Waals surface area contributed by atoms with Crippen molar-refractivity contribution in [1.82, 2.24) is 39.7 Å². The Labute approximate surface area is 287 Å². The largest absolute Gasteiger partial charge is 0.397 e. The number of rotatable bonds is 7. The minimum absolute atomic E-state index is 0.0746. The van der Waals surface area contributed by atoms with Crippen molar-refractivity contribution in [2.75, 3.05) is 65.1 Å². The van der Waals surface area contributed by atoms with Crippen LogP contribution in [0.1, 0.15) is 49.3 Å². The molecule has 48 heavy (non-hydrogen) atoms. The van der Waals surface area contributed by atoms with Crippen molar-refractivity contribution in [2.24, 2.45) is 0 Å². The van der Waals surface area contributed by atoms with Gasteiger partial charge in [0.05, 0.1) is 16.8 Å². The van der Waals surface area contributed by atoms with Gasteiger partial charge in [-0.1, -0.05) is 48.0 Å². The van der Waals surface area contributed by atoms with E-state index in [1.54, 1.807) is 11.0 Å². The van der Waals surface area contributed by atoms with E-state index >= 15 is 0 Å². The molecule has 6 rings (SSSR count). The van der Waals surface area contributed by atoms with Crippen LogP contribution in [-0.2, 0) is 11.2 Å². The lowest BCUT2D eigenvalue weighted by Crippen LogP contribution is -2.56. The summed E-state index contributed by atoms with van der Waals surface area (Å²) in [4.78, 5) is 52.0. The number of nitrogens with one attached hydrogen (secondary N) is 2. The molecule has 3 fully saturated rings. The fraction of sp³-hybridized carbons (Fsp3) is 0.543. The second-order valence-corrected chi connectivity index (χ2v) is 14.0. The molecule has 1 aromatic heterocycles. The van der Waals surface area contributed by atoms with Crippen molar-refractivity contribution in [3.05, 3.63) is 69.1 Å². The lowest BCUT2D eigenvalue weighted by molar-refractivity contribution is -0.134. The number of aromatic amines is 1. The first-order chi connectivity index (χ1) is 23.2. The number of piperidine rings is 2. The van der Waals surface area contributed by atoms with Gasteiger partial charge in [-0.05, 0) is 76.4 Å². The monoisotopic (exact) mass is 677 g/mol. The van der Waals surface area contributed by atoms with Crippen LogP contribution >= 0.6 is 11.6 Å². The number of hydrogen-bond acceptors (Lipinski definition) is 7. The molecule has 3 aliphatic heterocycles. The molecular formula is C35H48ClN9O3. The Morgan fingerprint density at radius 2 is 1.65 bits per heavy atom. The molecule has 3 saturated heterocycles. The number of aryl methyl sites for hydroxylation is 1. The summed E-state index contributed by atoms with van der Waals surface area (Å²) in [6.45, 7) is 8.46. The summed E-state index contributed by atoms with van der Waals surface area (Å²) < 4.78 is 1.50. The number of H-pyrrole nitrogens is 1. The van der Waals surface area contributed by atoms with Crippen LogP contribution in [0.5, 0.6) is 0 Å². The lowest BCUT2D eigenvalue weighted by Gasteiger charge is -2.39. The summed E-state index contributed by atoms with van der Waals surface area (Å²) in [7, 11) is 2.18. The van der Waals surface area contributed by atoms with Gasteiger partial charge in [-0.2, -0.15) is 0 Å². The highest BCUT2D eigenvalue weighted by molar-refractivity contribution is 6.33. The minimum Gasteiger partial charge on any atom is -0.397 e. The molecule has 3 aliphatic rings. The van der Waals surface area contributed by atoms with Crippen molar-refractivity contribution in [2.45, 2.75) is 63.6 Å². The average Bonchev–Trinajstić information content (AvgIpc) is 3.36. The lowest BCUT2D eigenvalue weighted by atomic mass is 9.99. The van der Waals surface area contributed by atoms with E-state index < -0.39 is 6.04 Å². The summed E-state index contributed by atoms with van der Waals surface area (Å²) in [6.07, 6.45) is 4.49. The Morgan fingerprint density at radius 1 is 0.958 bits per heavy atom. The predicted molar refractivity (Wildman–Crippen MR) is 188 cm³/mol. The fourth-order valence-electron chi connectivity index (χ4n) is 7.35. The molecule has 258 valence electrons. The summed E-state index contributed by atoms with van der Waals surface area (Å²) in [6, 6.07) is 12.6. The zero-order chi connectivity index (χ0) is 33.8. The zero-order valence-electron chi connectivity index (χ0n) is 28.0. The number of anilines is 1. The Morgan fingerprint density at radius 3 is 2.35 bits per heavy atom. The van der Waals surface area contributed by atoms with Gasteiger partial charge in [0.25, 0.3) is 0 Å². The fourth-order valence-corrected chi connectivity index (χ4v) is 7.64. The van der Waals surface area contributed by atoms with Gasteiger partial charge in [0, 0.05) is 57.3 Å². The topological polar surface area (TPSA) is 136 Å². The number of carbonyl (C=O) groups is 2.